The highest BCUT2D eigenvalue weighted by atomic mass is 127. The van der Waals surface area contributed by atoms with Crippen molar-refractivity contribution in [2.45, 2.75) is 27.2 Å². The minimum absolute atomic E-state index is 0.209. The summed E-state index contributed by atoms with van der Waals surface area (Å²) in [6.07, 6.45) is 0.893. The number of fused-ring (bicyclic) bond motifs is 1. The molecule has 0 unspecified atom stereocenters. The van der Waals surface area contributed by atoms with Crippen LogP contribution in [0.25, 0.3) is 10.9 Å². The van der Waals surface area contributed by atoms with Gasteiger partial charge in [-0.3, -0.25) is 4.98 Å². The number of hydrogen-bond donors (Lipinski definition) is 1. The average molecular weight is 358 g/mol. The quantitative estimate of drug-likeness (QED) is 0.829. The van der Waals surface area contributed by atoms with Crippen molar-refractivity contribution in [1.29, 1.82) is 0 Å². The zero-order valence-electron chi connectivity index (χ0n) is 10.8. The van der Waals surface area contributed by atoms with E-state index in [-0.39, 0.29) is 5.82 Å². The van der Waals surface area contributed by atoms with Gasteiger partial charge >= 0.3 is 0 Å². The van der Waals surface area contributed by atoms with Crippen molar-refractivity contribution < 1.29 is 4.39 Å². The number of nitrogens with zero attached hydrogens (tertiary/aromatic N) is 1. The van der Waals surface area contributed by atoms with Gasteiger partial charge in [-0.1, -0.05) is 6.92 Å². The van der Waals surface area contributed by atoms with Crippen molar-refractivity contribution in [3.8, 4) is 0 Å². The molecule has 1 aromatic carbocycles. The maximum atomic E-state index is 13.6. The van der Waals surface area contributed by atoms with Gasteiger partial charge in [0.2, 0.25) is 0 Å². The first-order valence-corrected chi connectivity index (χ1v) is 7.18. The lowest BCUT2D eigenvalue weighted by atomic mass is 10.0. The molecule has 1 N–H and O–H groups in total. The Bertz CT molecular complexity index is 596. The van der Waals surface area contributed by atoms with Crippen LogP contribution in [-0.4, -0.2) is 11.5 Å². The zero-order chi connectivity index (χ0) is 13.3. The Morgan fingerprint density at radius 1 is 1.33 bits per heavy atom. The summed E-state index contributed by atoms with van der Waals surface area (Å²) in [4.78, 5) is 4.62. The first-order chi connectivity index (χ1) is 8.58. The van der Waals surface area contributed by atoms with Crippen LogP contribution in [0.2, 0.25) is 0 Å². The van der Waals surface area contributed by atoms with E-state index in [0.29, 0.717) is 0 Å². The maximum Gasteiger partial charge on any atom is 0.125 e. The molecule has 0 aliphatic heterocycles. The molecule has 96 valence electrons. The molecule has 0 saturated heterocycles. The van der Waals surface area contributed by atoms with Crippen LogP contribution in [0.1, 0.15) is 25.1 Å². The lowest BCUT2D eigenvalue weighted by Gasteiger charge is -2.16. The van der Waals surface area contributed by atoms with Gasteiger partial charge in [-0.15, -0.1) is 0 Å². The lowest BCUT2D eigenvalue weighted by molar-refractivity contribution is 0.628. The second-order valence-electron chi connectivity index (χ2n) is 4.22. The molecule has 0 spiro atoms. The summed E-state index contributed by atoms with van der Waals surface area (Å²) in [7, 11) is 0. The van der Waals surface area contributed by atoms with Crippen molar-refractivity contribution in [2.75, 3.05) is 11.9 Å². The molecule has 2 rings (SSSR count). The lowest BCUT2D eigenvalue weighted by Crippen LogP contribution is -2.05. The first kappa shape index (κ1) is 13.5. The van der Waals surface area contributed by atoms with Crippen molar-refractivity contribution in [3.05, 3.63) is 32.8 Å². The van der Waals surface area contributed by atoms with Crippen LogP contribution in [-0.2, 0) is 6.42 Å². The molecule has 2 nitrogen and oxygen atoms in total. The zero-order valence-corrected chi connectivity index (χ0v) is 12.9. The van der Waals surface area contributed by atoms with Gasteiger partial charge in [0, 0.05) is 26.9 Å². The van der Waals surface area contributed by atoms with Crippen LogP contribution in [0, 0.1) is 16.3 Å². The molecule has 1 aromatic heterocycles. The molecule has 0 bridgehead atoms. The molecule has 0 amide bonds. The Hall–Kier alpha value is -0.910. The van der Waals surface area contributed by atoms with E-state index in [0.717, 1.165) is 38.8 Å². The molecule has 1 heterocycles. The van der Waals surface area contributed by atoms with Crippen molar-refractivity contribution in [3.63, 3.8) is 0 Å². The predicted octanol–water partition coefficient (Wildman–Crippen LogP) is 4.28. The number of pyridine rings is 1. The van der Waals surface area contributed by atoms with E-state index in [1.54, 1.807) is 6.07 Å². The number of rotatable bonds is 3. The fraction of sp³-hybridized carbons (Fsp3) is 0.357. The molecule has 0 aliphatic rings. The van der Waals surface area contributed by atoms with E-state index >= 15 is 0 Å². The highest BCUT2D eigenvalue weighted by Crippen LogP contribution is 2.32. The SMILES string of the molecule is CCNc1c(CC)c(C)nc2c(I)cc(F)cc12. The summed E-state index contributed by atoms with van der Waals surface area (Å²) >= 11 is 2.14. The number of benzene rings is 1. The Morgan fingerprint density at radius 3 is 2.67 bits per heavy atom. The topological polar surface area (TPSA) is 24.9 Å². The number of anilines is 1. The number of halogens is 2. The van der Waals surface area contributed by atoms with Crippen LogP contribution in [0.3, 0.4) is 0 Å². The summed E-state index contributed by atoms with van der Waals surface area (Å²) in [6.45, 7) is 6.98. The molecular formula is C14H16FIN2. The molecule has 0 fully saturated rings. The second-order valence-corrected chi connectivity index (χ2v) is 5.38. The number of aryl methyl sites for hydroxylation is 1. The van der Waals surface area contributed by atoms with E-state index in [1.165, 1.54) is 11.6 Å². The van der Waals surface area contributed by atoms with Crippen molar-refractivity contribution in [1.82, 2.24) is 4.98 Å². The molecule has 18 heavy (non-hydrogen) atoms. The molecule has 0 atom stereocenters. The number of nitrogens with one attached hydrogen (secondary N) is 1. The second kappa shape index (κ2) is 5.38. The van der Waals surface area contributed by atoms with E-state index in [4.69, 9.17) is 0 Å². The van der Waals surface area contributed by atoms with Crippen LogP contribution in [0.5, 0.6) is 0 Å². The van der Waals surface area contributed by atoms with Gasteiger partial charge in [-0.2, -0.15) is 0 Å². The van der Waals surface area contributed by atoms with Crippen LogP contribution >= 0.6 is 22.6 Å². The average Bonchev–Trinajstić information content (AvgIpc) is 2.31. The number of hydrogen-bond acceptors (Lipinski definition) is 2. The molecule has 0 saturated carbocycles. The van der Waals surface area contributed by atoms with Crippen LogP contribution < -0.4 is 5.32 Å². The van der Waals surface area contributed by atoms with E-state index < -0.39 is 0 Å². The third-order valence-corrected chi connectivity index (χ3v) is 3.84. The normalized spacial score (nSPS) is 10.9. The van der Waals surface area contributed by atoms with Crippen molar-refractivity contribution in [2.24, 2.45) is 0 Å². The third-order valence-electron chi connectivity index (χ3n) is 3.02. The minimum Gasteiger partial charge on any atom is -0.384 e. The maximum absolute atomic E-state index is 13.6. The van der Waals surface area contributed by atoms with Crippen LogP contribution in [0.15, 0.2) is 12.1 Å². The van der Waals surface area contributed by atoms with Crippen molar-refractivity contribution >= 4 is 39.2 Å². The summed E-state index contributed by atoms with van der Waals surface area (Å²) < 4.78 is 14.4. The Balaban J connectivity index is 2.87. The summed E-state index contributed by atoms with van der Waals surface area (Å²) in [5.41, 5.74) is 4.10. The number of aromatic nitrogens is 1. The van der Waals surface area contributed by atoms with Gasteiger partial charge in [-0.25, -0.2) is 4.39 Å². The predicted molar refractivity (Wildman–Crippen MR) is 82.7 cm³/mol. The summed E-state index contributed by atoms with van der Waals surface area (Å²) in [6, 6.07) is 3.10. The molecule has 4 heteroatoms. The highest BCUT2D eigenvalue weighted by molar-refractivity contribution is 14.1. The largest absolute Gasteiger partial charge is 0.384 e. The summed E-state index contributed by atoms with van der Waals surface area (Å²) in [5.74, 6) is -0.209. The molecular weight excluding hydrogens is 342 g/mol. The van der Waals surface area contributed by atoms with E-state index in [1.807, 2.05) is 13.8 Å². The van der Waals surface area contributed by atoms with Gasteiger partial charge in [0.1, 0.15) is 5.82 Å². The molecule has 2 aromatic rings. The van der Waals surface area contributed by atoms with Gasteiger partial charge in [0.05, 0.1) is 5.52 Å². The van der Waals surface area contributed by atoms with E-state index in [2.05, 4.69) is 39.8 Å². The highest BCUT2D eigenvalue weighted by Gasteiger charge is 2.13. The Kier molecular flexibility index (Phi) is 4.04. The molecule has 0 radical (unpaired) electrons. The fourth-order valence-electron chi connectivity index (χ4n) is 2.26. The fourth-order valence-corrected chi connectivity index (χ4v) is 2.97. The van der Waals surface area contributed by atoms with Crippen LogP contribution in [0.4, 0.5) is 10.1 Å². The Morgan fingerprint density at radius 2 is 2.06 bits per heavy atom. The molecule has 0 aliphatic carbocycles. The van der Waals surface area contributed by atoms with E-state index in [9.17, 15) is 4.39 Å². The smallest absolute Gasteiger partial charge is 0.125 e. The summed E-state index contributed by atoms with van der Waals surface area (Å²) in [5, 5.41) is 4.23. The Labute approximate surface area is 120 Å². The minimum atomic E-state index is -0.209. The van der Waals surface area contributed by atoms with Gasteiger partial charge in [0.15, 0.2) is 0 Å². The standard InChI is InChI=1S/C14H16FIN2/c1-4-10-8(3)18-14-11(13(10)17-5-2)6-9(15)7-12(14)16/h6-7H,4-5H2,1-3H3,(H,17,18). The van der Waals surface area contributed by atoms with Gasteiger partial charge < -0.3 is 5.32 Å². The van der Waals surface area contributed by atoms with Gasteiger partial charge in [0.25, 0.3) is 0 Å². The first-order valence-electron chi connectivity index (χ1n) is 6.10. The van der Waals surface area contributed by atoms with Gasteiger partial charge in [-0.05, 0) is 60.6 Å². The third kappa shape index (κ3) is 2.30. The monoisotopic (exact) mass is 358 g/mol.